The van der Waals surface area contributed by atoms with Gasteiger partial charge in [-0.05, 0) is 26.9 Å². The Morgan fingerprint density at radius 3 is 2.43 bits per heavy atom. The molecule has 0 spiro atoms. The molecule has 1 atom stereocenters. The van der Waals surface area contributed by atoms with Gasteiger partial charge in [-0.25, -0.2) is 4.79 Å². The van der Waals surface area contributed by atoms with E-state index in [0.717, 1.165) is 45.1 Å². The highest BCUT2D eigenvalue weighted by atomic mass is 16.2. The van der Waals surface area contributed by atoms with Crippen LogP contribution in [0.3, 0.4) is 0 Å². The van der Waals surface area contributed by atoms with E-state index in [4.69, 9.17) is 0 Å². The molecule has 4 amide bonds. The van der Waals surface area contributed by atoms with Crippen LogP contribution in [0.1, 0.15) is 38.5 Å². The number of hydrogen-bond acceptors (Lipinski definition) is 5. The summed E-state index contributed by atoms with van der Waals surface area (Å²) in [6.07, 6.45) is 7.31. The van der Waals surface area contributed by atoms with Gasteiger partial charge in [0, 0.05) is 18.8 Å². The maximum absolute atomic E-state index is 12.6. The molecule has 7 heteroatoms. The predicted molar refractivity (Wildman–Crippen MR) is 87.3 cm³/mol. The molecule has 2 rings (SSSR count). The van der Waals surface area contributed by atoms with Gasteiger partial charge in [0.1, 0.15) is 0 Å². The zero-order valence-corrected chi connectivity index (χ0v) is 14.0. The quantitative estimate of drug-likeness (QED) is 0.466. The average Bonchev–Trinajstić information content (AvgIpc) is 2.75. The molecule has 0 bridgehead atoms. The van der Waals surface area contributed by atoms with Crippen LogP contribution in [0.25, 0.3) is 0 Å². The largest absolute Gasteiger partial charge is 0.331 e. The molecule has 1 N–H and O–H groups in total. The van der Waals surface area contributed by atoms with Gasteiger partial charge in [-0.1, -0.05) is 25.7 Å². The molecule has 2 fully saturated rings. The highest BCUT2D eigenvalue weighted by Gasteiger charge is 2.42. The average molecular weight is 322 g/mol. The van der Waals surface area contributed by atoms with Gasteiger partial charge in [0.05, 0.1) is 6.54 Å². The first kappa shape index (κ1) is 17.6. The lowest BCUT2D eigenvalue weighted by molar-refractivity contribution is -0.140. The van der Waals surface area contributed by atoms with Gasteiger partial charge < -0.3 is 4.90 Å². The van der Waals surface area contributed by atoms with Crippen LogP contribution in [0.15, 0.2) is 4.99 Å². The molecule has 7 nitrogen and oxygen atoms in total. The molecule has 2 aliphatic rings. The Balaban J connectivity index is 2.06. The minimum Gasteiger partial charge on any atom is -0.308 e. The summed E-state index contributed by atoms with van der Waals surface area (Å²) < 4.78 is 0. The number of amides is 4. The number of imide groups is 2. The Morgan fingerprint density at radius 2 is 1.83 bits per heavy atom. The number of carbonyl (C=O) groups excluding carboxylic acids is 3. The Morgan fingerprint density at radius 1 is 1.17 bits per heavy atom. The van der Waals surface area contributed by atoms with Crippen LogP contribution in [0.4, 0.5) is 4.79 Å². The Bertz CT molecular complexity index is 482. The van der Waals surface area contributed by atoms with Gasteiger partial charge in [0.2, 0.25) is 11.8 Å². The van der Waals surface area contributed by atoms with Crippen molar-refractivity contribution >= 4 is 24.1 Å². The number of urea groups is 1. The van der Waals surface area contributed by atoms with Crippen molar-refractivity contribution in [1.82, 2.24) is 15.1 Å². The van der Waals surface area contributed by atoms with E-state index in [9.17, 15) is 14.4 Å². The molecule has 128 valence electrons. The zero-order valence-electron chi connectivity index (χ0n) is 14.0. The van der Waals surface area contributed by atoms with E-state index in [2.05, 4.69) is 10.3 Å². The molecule has 1 aliphatic carbocycles. The molecule has 0 radical (unpaired) electrons. The van der Waals surface area contributed by atoms with Gasteiger partial charge in [0.15, 0.2) is 5.92 Å². The van der Waals surface area contributed by atoms with Gasteiger partial charge in [-0.3, -0.25) is 24.8 Å². The summed E-state index contributed by atoms with van der Waals surface area (Å²) >= 11 is 0. The van der Waals surface area contributed by atoms with E-state index in [0.29, 0.717) is 6.54 Å². The lowest BCUT2D eigenvalue weighted by Crippen LogP contribution is -2.61. The van der Waals surface area contributed by atoms with Gasteiger partial charge in [-0.2, -0.15) is 0 Å². The molecule has 0 aromatic heterocycles. The molecular formula is C16H26N4O3. The van der Waals surface area contributed by atoms with Crippen LogP contribution >= 0.6 is 0 Å². The first-order valence-electron chi connectivity index (χ1n) is 8.33. The summed E-state index contributed by atoms with van der Waals surface area (Å²) in [5, 5.41) is 2.30. The number of aliphatic imine (C=N–C) groups is 1. The maximum atomic E-state index is 12.6. The molecule has 23 heavy (non-hydrogen) atoms. The van der Waals surface area contributed by atoms with Gasteiger partial charge >= 0.3 is 6.03 Å². The third-order valence-corrected chi connectivity index (χ3v) is 4.36. The van der Waals surface area contributed by atoms with Crippen molar-refractivity contribution in [3.63, 3.8) is 0 Å². The minimum absolute atomic E-state index is 0.101. The molecule has 1 unspecified atom stereocenters. The SMILES string of the molecule is CN(C)CCN=CC1C(=O)NC(=O)N(C2CCCCCC2)C1=O. The van der Waals surface area contributed by atoms with Crippen LogP contribution in [0.5, 0.6) is 0 Å². The lowest BCUT2D eigenvalue weighted by Gasteiger charge is -2.34. The van der Waals surface area contributed by atoms with E-state index in [1.54, 1.807) is 0 Å². The van der Waals surface area contributed by atoms with Crippen molar-refractivity contribution in [1.29, 1.82) is 0 Å². The summed E-state index contributed by atoms with van der Waals surface area (Å²) in [5.74, 6) is -1.99. The Labute approximate surface area is 137 Å². The smallest absolute Gasteiger partial charge is 0.308 e. The summed E-state index contributed by atoms with van der Waals surface area (Å²) in [7, 11) is 3.86. The third kappa shape index (κ3) is 4.60. The Hall–Kier alpha value is -1.76. The lowest BCUT2D eigenvalue weighted by atomic mass is 10.0. The zero-order chi connectivity index (χ0) is 16.8. The van der Waals surface area contributed by atoms with Crippen molar-refractivity contribution in [3.8, 4) is 0 Å². The highest BCUT2D eigenvalue weighted by molar-refractivity contribution is 6.23. The van der Waals surface area contributed by atoms with Crippen molar-refractivity contribution in [2.24, 2.45) is 10.9 Å². The minimum atomic E-state index is -0.988. The van der Waals surface area contributed by atoms with E-state index < -0.39 is 23.8 Å². The van der Waals surface area contributed by atoms with Crippen molar-refractivity contribution in [2.45, 2.75) is 44.6 Å². The number of hydrogen-bond donors (Lipinski definition) is 1. The van der Waals surface area contributed by atoms with Crippen LogP contribution in [0, 0.1) is 5.92 Å². The van der Waals surface area contributed by atoms with E-state index in [1.165, 1.54) is 11.1 Å². The third-order valence-electron chi connectivity index (χ3n) is 4.36. The number of barbiturate groups is 1. The van der Waals surface area contributed by atoms with Crippen LogP contribution in [-0.2, 0) is 9.59 Å². The fourth-order valence-electron chi connectivity index (χ4n) is 3.04. The summed E-state index contributed by atoms with van der Waals surface area (Å²) in [4.78, 5) is 44.1. The van der Waals surface area contributed by atoms with Gasteiger partial charge in [0.25, 0.3) is 0 Å². The maximum Gasteiger partial charge on any atom is 0.331 e. The number of nitrogens with one attached hydrogen (secondary N) is 1. The van der Waals surface area contributed by atoms with Gasteiger partial charge in [-0.15, -0.1) is 0 Å². The van der Waals surface area contributed by atoms with Crippen LogP contribution in [-0.4, -0.2) is 67.1 Å². The molecule has 0 aromatic carbocycles. The van der Waals surface area contributed by atoms with Crippen LogP contribution < -0.4 is 5.32 Å². The fraction of sp³-hybridized carbons (Fsp3) is 0.750. The Kier molecular flexibility index (Phi) is 6.27. The summed E-state index contributed by atoms with van der Waals surface area (Å²) in [6, 6.07) is -0.680. The monoisotopic (exact) mass is 322 g/mol. The number of carbonyl (C=O) groups is 3. The molecule has 1 saturated heterocycles. The second-order valence-corrected chi connectivity index (χ2v) is 6.48. The molecule has 1 heterocycles. The number of rotatable bonds is 5. The first-order valence-corrected chi connectivity index (χ1v) is 8.33. The second-order valence-electron chi connectivity index (χ2n) is 6.48. The van der Waals surface area contributed by atoms with E-state index in [1.807, 2.05) is 19.0 Å². The molecule has 1 saturated carbocycles. The second kappa shape index (κ2) is 8.19. The molecule has 1 aliphatic heterocycles. The van der Waals surface area contributed by atoms with Crippen molar-refractivity contribution in [3.05, 3.63) is 0 Å². The van der Waals surface area contributed by atoms with Crippen molar-refractivity contribution in [2.75, 3.05) is 27.2 Å². The molecular weight excluding hydrogens is 296 g/mol. The number of nitrogens with zero attached hydrogens (tertiary/aromatic N) is 3. The summed E-state index contributed by atoms with van der Waals surface area (Å²) in [5.41, 5.74) is 0. The van der Waals surface area contributed by atoms with E-state index >= 15 is 0 Å². The number of likely N-dealkylation sites (N-methyl/N-ethyl adjacent to an activating group) is 1. The molecule has 0 aromatic rings. The standard InChI is InChI=1S/C16H26N4O3/c1-19(2)10-9-17-11-13-14(21)18-16(23)20(15(13)22)12-7-5-3-4-6-8-12/h11-13H,3-10H2,1-2H3,(H,18,21,23). The first-order chi connectivity index (χ1) is 11.0. The van der Waals surface area contributed by atoms with Crippen molar-refractivity contribution < 1.29 is 14.4 Å². The summed E-state index contributed by atoms with van der Waals surface area (Å²) in [6.45, 7) is 1.26. The highest BCUT2D eigenvalue weighted by Crippen LogP contribution is 2.24. The fourth-order valence-corrected chi connectivity index (χ4v) is 3.04. The topological polar surface area (TPSA) is 82.1 Å². The van der Waals surface area contributed by atoms with E-state index in [-0.39, 0.29) is 6.04 Å². The predicted octanol–water partition coefficient (Wildman–Crippen LogP) is 1.04. The normalized spacial score (nSPS) is 24.4. The van der Waals surface area contributed by atoms with Crippen LogP contribution in [0.2, 0.25) is 0 Å².